The zero-order valence-corrected chi connectivity index (χ0v) is 20.9. The molecular weight excluding hydrogens is 472 g/mol. The normalized spacial score (nSPS) is 13.2. The molecule has 0 aromatic heterocycles. The molecule has 163 valence electrons. The molecule has 1 aromatic carbocycles. The fraction of sp³-hybridized carbons (Fsp3) is 0.474. The van der Waals surface area contributed by atoms with E-state index in [1.54, 1.807) is 0 Å². The van der Waals surface area contributed by atoms with Crippen molar-refractivity contribution in [2.75, 3.05) is 26.2 Å². The second-order valence-corrected chi connectivity index (χ2v) is 7.04. The molecule has 1 radical (unpaired) electrons. The van der Waals surface area contributed by atoms with Crippen LogP contribution < -0.4 is 0 Å². The molecule has 0 N–H and O–H groups in total. The van der Waals surface area contributed by atoms with Crippen molar-refractivity contribution in [3.8, 4) is 0 Å². The van der Waals surface area contributed by atoms with Crippen molar-refractivity contribution in [1.29, 1.82) is 0 Å². The van der Waals surface area contributed by atoms with Gasteiger partial charge in [-0.25, -0.2) is 0 Å². The summed E-state index contributed by atoms with van der Waals surface area (Å²) < 4.78 is 0. The number of amidine groups is 2. The Labute approximate surface area is 201 Å². The van der Waals surface area contributed by atoms with Gasteiger partial charge in [0.05, 0.1) is 5.71 Å². The van der Waals surface area contributed by atoms with E-state index in [9.17, 15) is 0 Å². The summed E-state index contributed by atoms with van der Waals surface area (Å²) in [6.45, 7) is 13.1. The predicted molar refractivity (Wildman–Crippen MR) is 129 cm³/mol. The molecule has 0 bridgehead atoms. The van der Waals surface area contributed by atoms with Gasteiger partial charge in [-0.1, -0.05) is 12.1 Å². The quantitative estimate of drug-likeness (QED) is 0.148. The molecule has 0 aliphatic heterocycles. The van der Waals surface area contributed by atoms with E-state index in [2.05, 4.69) is 33.0 Å². The van der Waals surface area contributed by atoms with Crippen LogP contribution in [0.2, 0.25) is 0 Å². The first kappa shape index (κ1) is 27.8. The summed E-state index contributed by atoms with van der Waals surface area (Å²) in [5, 5.41) is 18.0. The standard InChI is InChI=1S/C19H30N6S3.Cu/c1-6-24(7-2)18(27)22-20-14(5)17(15-10-12-16(26)13-11-15)21-23-19(28)25(8-3)9-4;/h10-13,26H,6-9H2,1-5H3,(H,22,27)(H,23,28);/q;+2/p-2/b20-14+,21-17-;. The predicted octanol–water partition coefficient (Wildman–Crippen LogP) is 3.54. The molecule has 0 amide bonds. The van der Waals surface area contributed by atoms with Gasteiger partial charge >= 0.3 is 17.1 Å². The number of nitrogens with zero attached hydrogens (tertiary/aromatic N) is 6. The van der Waals surface area contributed by atoms with Crippen molar-refractivity contribution in [3.05, 3.63) is 29.8 Å². The van der Waals surface area contributed by atoms with Gasteiger partial charge in [-0.15, -0.1) is 17.7 Å². The molecule has 0 spiro atoms. The van der Waals surface area contributed by atoms with Crippen LogP contribution in [0.5, 0.6) is 0 Å². The third-order valence-electron chi connectivity index (χ3n) is 4.07. The fourth-order valence-electron chi connectivity index (χ4n) is 2.33. The molecular formula is C19H28CuN6S3. The summed E-state index contributed by atoms with van der Waals surface area (Å²) in [5.41, 5.74) is 2.05. The monoisotopic (exact) mass is 499 g/mol. The molecule has 10 heteroatoms. The Hall–Kier alpha value is -1.19. The van der Waals surface area contributed by atoms with Crippen LogP contribution in [0.4, 0.5) is 0 Å². The second kappa shape index (κ2) is 14.7. The average Bonchev–Trinajstić information content (AvgIpc) is 2.69. The largest absolute Gasteiger partial charge is 2.00 e. The maximum Gasteiger partial charge on any atom is 2.00 e. The van der Waals surface area contributed by atoms with Crippen LogP contribution in [0.15, 0.2) is 49.6 Å². The third-order valence-corrected chi connectivity index (χ3v) is 5.05. The van der Waals surface area contributed by atoms with Crippen LogP contribution in [0, 0.1) is 0 Å². The van der Waals surface area contributed by atoms with Crippen LogP contribution in [0.25, 0.3) is 0 Å². The van der Waals surface area contributed by atoms with E-state index in [-0.39, 0.29) is 17.1 Å². The van der Waals surface area contributed by atoms with E-state index in [1.807, 2.05) is 68.7 Å². The van der Waals surface area contributed by atoms with E-state index in [0.717, 1.165) is 36.6 Å². The minimum Gasteiger partial charge on any atom is -0.741 e. The van der Waals surface area contributed by atoms with Crippen molar-refractivity contribution >= 4 is 59.6 Å². The number of benzene rings is 1. The topological polar surface area (TPSA) is 55.9 Å². The molecule has 0 heterocycles. The van der Waals surface area contributed by atoms with Gasteiger partial charge in [0.1, 0.15) is 5.71 Å². The van der Waals surface area contributed by atoms with Crippen molar-refractivity contribution in [2.24, 2.45) is 20.4 Å². The zero-order valence-electron chi connectivity index (χ0n) is 17.4. The first-order valence-corrected chi connectivity index (χ1v) is 10.6. The molecule has 0 unspecified atom stereocenters. The summed E-state index contributed by atoms with van der Waals surface area (Å²) in [4.78, 5) is 4.78. The smallest absolute Gasteiger partial charge is 0.741 e. The Bertz CT molecular complexity index is 739. The first-order valence-electron chi connectivity index (χ1n) is 9.29. The summed E-state index contributed by atoms with van der Waals surface area (Å²) in [6, 6.07) is 7.61. The van der Waals surface area contributed by atoms with Gasteiger partial charge in [0, 0.05) is 47.0 Å². The Morgan fingerprint density at radius 2 is 1.21 bits per heavy atom. The fourth-order valence-corrected chi connectivity index (χ4v) is 3.08. The summed E-state index contributed by atoms with van der Waals surface area (Å²) in [6.07, 6.45) is 0. The van der Waals surface area contributed by atoms with Crippen LogP contribution in [0.3, 0.4) is 0 Å². The third kappa shape index (κ3) is 9.00. The van der Waals surface area contributed by atoms with Gasteiger partial charge in [-0.05, 0) is 46.8 Å². The molecule has 6 nitrogen and oxygen atoms in total. The summed E-state index contributed by atoms with van der Waals surface area (Å²) >= 11 is 15.0. The van der Waals surface area contributed by atoms with Crippen molar-refractivity contribution in [3.63, 3.8) is 0 Å². The zero-order chi connectivity index (χ0) is 21.1. The van der Waals surface area contributed by atoms with Crippen molar-refractivity contribution in [1.82, 2.24) is 9.80 Å². The van der Waals surface area contributed by atoms with E-state index in [1.165, 1.54) is 0 Å². The second-order valence-electron chi connectivity index (χ2n) is 5.79. The van der Waals surface area contributed by atoms with Crippen molar-refractivity contribution < 1.29 is 17.1 Å². The Morgan fingerprint density at radius 3 is 1.62 bits per heavy atom. The van der Waals surface area contributed by atoms with Gasteiger partial charge in [-0.3, -0.25) is 0 Å². The van der Waals surface area contributed by atoms with Crippen LogP contribution in [-0.2, 0) is 42.3 Å². The minimum atomic E-state index is 0. The number of thiol groups is 1. The van der Waals surface area contributed by atoms with Crippen molar-refractivity contribution in [2.45, 2.75) is 39.5 Å². The number of rotatable bonds is 8. The van der Waals surface area contributed by atoms with Gasteiger partial charge in [-0.2, -0.15) is 15.3 Å². The van der Waals surface area contributed by atoms with Crippen LogP contribution >= 0.6 is 12.6 Å². The average molecular weight is 500 g/mol. The van der Waals surface area contributed by atoms with E-state index >= 15 is 0 Å². The Balaban J connectivity index is 0.00000784. The molecule has 0 saturated heterocycles. The maximum absolute atomic E-state index is 5.37. The van der Waals surface area contributed by atoms with Gasteiger partial charge in [0.25, 0.3) is 0 Å². The summed E-state index contributed by atoms with van der Waals surface area (Å²) in [7, 11) is 0. The molecule has 29 heavy (non-hydrogen) atoms. The SMILES string of the molecule is CCN(CC)/C([S-])=N/N=C(C)/C(=N/N=C(\[S-])N(CC)CC)c1ccc(S)cc1.[Cu+2]. The van der Waals surface area contributed by atoms with Gasteiger partial charge in [0.2, 0.25) is 0 Å². The molecule has 0 saturated carbocycles. The molecule has 0 aliphatic rings. The number of hydrogen-bond acceptors (Lipinski definition) is 7. The van der Waals surface area contributed by atoms with Gasteiger partial charge < -0.3 is 35.1 Å². The first-order chi connectivity index (χ1) is 13.4. The van der Waals surface area contributed by atoms with E-state index in [0.29, 0.717) is 21.8 Å². The summed E-state index contributed by atoms with van der Waals surface area (Å²) in [5.74, 6) is 0. The number of hydrogen-bond donors (Lipinski definition) is 1. The Morgan fingerprint density at radius 1 is 0.793 bits per heavy atom. The van der Waals surface area contributed by atoms with Crippen LogP contribution in [0.1, 0.15) is 40.2 Å². The maximum atomic E-state index is 5.37. The Kier molecular flexibility index (Phi) is 14.1. The van der Waals surface area contributed by atoms with Gasteiger partial charge in [0.15, 0.2) is 0 Å². The van der Waals surface area contributed by atoms with E-state index in [4.69, 9.17) is 25.3 Å². The molecule has 1 rings (SSSR count). The molecule has 0 aliphatic carbocycles. The van der Waals surface area contributed by atoms with E-state index < -0.39 is 0 Å². The van der Waals surface area contributed by atoms with Crippen LogP contribution in [-0.4, -0.2) is 57.7 Å². The molecule has 0 fully saturated rings. The molecule has 0 atom stereocenters. The minimum absolute atomic E-state index is 0. The molecule has 1 aromatic rings.